The second-order valence-electron chi connectivity index (χ2n) is 5.33. The number of carbonyl (C=O) groups excluding carboxylic acids is 1. The molecule has 1 amide bonds. The van der Waals surface area contributed by atoms with Gasteiger partial charge in [0.25, 0.3) is 11.6 Å². The number of carbonyl (C=O) groups is 1. The molecule has 7 nitrogen and oxygen atoms in total. The summed E-state index contributed by atoms with van der Waals surface area (Å²) in [4.78, 5) is 22.3. The highest BCUT2D eigenvalue weighted by Gasteiger charge is 2.13. The Bertz CT molecular complexity index is 1050. The van der Waals surface area contributed by atoms with E-state index >= 15 is 0 Å². The van der Waals surface area contributed by atoms with E-state index in [2.05, 4.69) is 33.1 Å². The third kappa shape index (κ3) is 4.72. The highest BCUT2D eigenvalue weighted by Crippen LogP contribution is 2.32. The van der Waals surface area contributed by atoms with Gasteiger partial charge in [-0.3, -0.25) is 14.9 Å². The highest BCUT2D eigenvalue weighted by molar-refractivity contribution is 14.1. The molecule has 0 atom stereocenters. The fourth-order valence-corrected chi connectivity index (χ4v) is 3.04. The zero-order valence-corrected chi connectivity index (χ0v) is 16.5. The molecular formula is C18H11ClIN3O4. The van der Waals surface area contributed by atoms with Crippen molar-refractivity contribution in [2.45, 2.75) is 0 Å². The molecule has 0 saturated heterocycles. The first-order chi connectivity index (χ1) is 12.9. The van der Waals surface area contributed by atoms with Crippen LogP contribution in [0, 0.1) is 13.7 Å². The molecule has 0 aliphatic heterocycles. The van der Waals surface area contributed by atoms with Crippen LogP contribution >= 0.6 is 34.2 Å². The van der Waals surface area contributed by atoms with E-state index in [-0.39, 0.29) is 16.6 Å². The molecule has 0 radical (unpaired) electrons. The largest absolute Gasteiger partial charge is 0.455 e. The third-order valence-electron chi connectivity index (χ3n) is 3.50. The highest BCUT2D eigenvalue weighted by atomic mass is 127. The van der Waals surface area contributed by atoms with E-state index in [1.165, 1.54) is 24.4 Å². The number of amides is 1. The quantitative estimate of drug-likeness (QED) is 0.236. The predicted octanol–water partition coefficient (Wildman–Crippen LogP) is 4.88. The number of nitro benzene ring substituents is 1. The summed E-state index contributed by atoms with van der Waals surface area (Å²) in [6.07, 6.45) is 1.36. The summed E-state index contributed by atoms with van der Waals surface area (Å²) in [5, 5.41) is 14.8. The van der Waals surface area contributed by atoms with Crippen molar-refractivity contribution in [3.05, 3.63) is 84.6 Å². The summed E-state index contributed by atoms with van der Waals surface area (Å²) in [7, 11) is 0. The molecule has 1 heterocycles. The summed E-state index contributed by atoms with van der Waals surface area (Å²) in [5.41, 5.74) is 3.34. The summed E-state index contributed by atoms with van der Waals surface area (Å²) in [6, 6.07) is 14.5. The summed E-state index contributed by atoms with van der Waals surface area (Å²) in [6.45, 7) is 0. The van der Waals surface area contributed by atoms with Gasteiger partial charge in [-0.2, -0.15) is 5.10 Å². The van der Waals surface area contributed by atoms with Crippen LogP contribution in [0.4, 0.5) is 5.69 Å². The van der Waals surface area contributed by atoms with Gasteiger partial charge in [-0.1, -0.05) is 17.7 Å². The zero-order valence-electron chi connectivity index (χ0n) is 13.6. The van der Waals surface area contributed by atoms with Gasteiger partial charge in [0.1, 0.15) is 11.5 Å². The van der Waals surface area contributed by atoms with E-state index in [0.29, 0.717) is 22.6 Å². The van der Waals surface area contributed by atoms with Gasteiger partial charge in [0.2, 0.25) is 0 Å². The van der Waals surface area contributed by atoms with Crippen molar-refractivity contribution in [3.8, 4) is 11.3 Å². The second-order valence-corrected chi connectivity index (χ2v) is 6.99. The molecule has 27 heavy (non-hydrogen) atoms. The standard InChI is InChI=1S/C18H11ClIN3O4/c19-16-9-13(23(25)26)4-6-15(16)17-7-5-14(27-17)10-21-22-18(24)11-2-1-3-12(20)8-11/h1-10H,(H,22,24)/b21-10-. The average molecular weight is 496 g/mol. The first-order valence-electron chi connectivity index (χ1n) is 7.57. The molecule has 3 rings (SSSR count). The molecule has 0 unspecified atom stereocenters. The molecule has 3 aromatic rings. The van der Waals surface area contributed by atoms with Crippen molar-refractivity contribution >= 4 is 52.0 Å². The normalized spacial score (nSPS) is 10.9. The van der Waals surface area contributed by atoms with E-state index in [4.69, 9.17) is 16.0 Å². The topological polar surface area (TPSA) is 97.7 Å². The fourth-order valence-electron chi connectivity index (χ4n) is 2.23. The van der Waals surface area contributed by atoms with Gasteiger partial charge in [-0.05, 0) is 59.0 Å². The molecule has 0 bridgehead atoms. The van der Waals surface area contributed by atoms with E-state index in [1.54, 1.807) is 30.3 Å². The number of non-ortho nitro benzene ring substituents is 1. The first-order valence-corrected chi connectivity index (χ1v) is 9.03. The molecule has 0 saturated carbocycles. The smallest absolute Gasteiger partial charge is 0.271 e. The van der Waals surface area contributed by atoms with Crippen LogP contribution in [0.3, 0.4) is 0 Å². The number of rotatable bonds is 5. The number of nitrogens with one attached hydrogen (secondary N) is 1. The Morgan fingerprint density at radius 3 is 2.74 bits per heavy atom. The predicted molar refractivity (Wildman–Crippen MR) is 110 cm³/mol. The maximum atomic E-state index is 12.0. The van der Waals surface area contributed by atoms with E-state index in [9.17, 15) is 14.9 Å². The molecular weight excluding hydrogens is 485 g/mol. The molecule has 136 valence electrons. The lowest BCUT2D eigenvalue weighted by Crippen LogP contribution is -2.17. The molecule has 0 aliphatic carbocycles. The number of benzene rings is 2. The molecule has 0 fully saturated rings. The minimum Gasteiger partial charge on any atom is -0.455 e. The molecule has 0 aliphatic rings. The van der Waals surface area contributed by atoms with Gasteiger partial charge in [-0.15, -0.1) is 0 Å². The fraction of sp³-hybridized carbons (Fsp3) is 0. The van der Waals surface area contributed by atoms with Crippen molar-refractivity contribution in [2.24, 2.45) is 5.10 Å². The van der Waals surface area contributed by atoms with E-state index in [0.717, 1.165) is 3.57 Å². The Balaban J connectivity index is 1.70. The van der Waals surface area contributed by atoms with E-state index < -0.39 is 4.92 Å². The van der Waals surface area contributed by atoms with Crippen LogP contribution in [0.15, 0.2) is 64.1 Å². The molecule has 1 aromatic heterocycles. The van der Waals surface area contributed by atoms with Gasteiger partial charge < -0.3 is 4.42 Å². The number of nitro groups is 1. The summed E-state index contributed by atoms with van der Waals surface area (Å²) < 4.78 is 6.55. The Morgan fingerprint density at radius 2 is 2.04 bits per heavy atom. The minimum absolute atomic E-state index is 0.102. The lowest BCUT2D eigenvalue weighted by molar-refractivity contribution is -0.384. The zero-order chi connectivity index (χ0) is 19.4. The van der Waals surface area contributed by atoms with Gasteiger partial charge >= 0.3 is 0 Å². The van der Waals surface area contributed by atoms with Crippen LogP contribution in [-0.4, -0.2) is 17.0 Å². The van der Waals surface area contributed by atoms with Crippen LogP contribution < -0.4 is 5.43 Å². The van der Waals surface area contributed by atoms with Crippen LogP contribution in [0.5, 0.6) is 0 Å². The van der Waals surface area contributed by atoms with Gasteiger partial charge in [-0.25, -0.2) is 5.43 Å². The molecule has 2 aromatic carbocycles. The van der Waals surface area contributed by atoms with Crippen molar-refractivity contribution in [1.29, 1.82) is 0 Å². The Hall–Kier alpha value is -2.72. The maximum Gasteiger partial charge on any atom is 0.271 e. The number of halogens is 2. The van der Waals surface area contributed by atoms with Gasteiger partial charge in [0.15, 0.2) is 0 Å². The summed E-state index contributed by atoms with van der Waals surface area (Å²) in [5.74, 6) is 0.484. The molecule has 0 spiro atoms. The molecule has 9 heteroatoms. The van der Waals surface area contributed by atoms with Gasteiger partial charge in [0, 0.05) is 26.8 Å². The number of nitrogens with zero attached hydrogens (tertiary/aromatic N) is 2. The number of furan rings is 1. The Labute approximate surface area is 172 Å². The van der Waals surface area contributed by atoms with Crippen LogP contribution in [-0.2, 0) is 0 Å². The van der Waals surface area contributed by atoms with Crippen molar-refractivity contribution in [3.63, 3.8) is 0 Å². The first kappa shape index (κ1) is 19.1. The van der Waals surface area contributed by atoms with Crippen molar-refractivity contribution < 1.29 is 14.1 Å². The van der Waals surface area contributed by atoms with Gasteiger partial charge in [0.05, 0.1) is 16.2 Å². The van der Waals surface area contributed by atoms with Crippen LogP contribution in [0.1, 0.15) is 16.1 Å². The number of hydrazone groups is 1. The lowest BCUT2D eigenvalue weighted by Gasteiger charge is -2.01. The van der Waals surface area contributed by atoms with Crippen molar-refractivity contribution in [2.75, 3.05) is 0 Å². The van der Waals surface area contributed by atoms with Crippen LogP contribution in [0.25, 0.3) is 11.3 Å². The molecule has 1 N–H and O–H groups in total. The Kier molecular flexibility index (Phi) is 5.87. The second kappa shape index (κ2) is 8.31. The maximum absolute atomic E-state index is 12.0. The number of hydrogen-bond acceptors (Lipinski definition) is 5. The third-order valence-corrected chi connectivity index (χ3v) is 4.48. The average Bonchev–Trinajstić information content (AvgIpc) is 3.10. The summed E-state index contributed by atoms with van der Waals surface area (Å²) >= 11 is 8.21. The minimum atomic E-state index is -0.522. The van der Waals surface area contributed by atoms with Crippen LogP contribution in [0.2, 0.25) is 5.02 Å². The lowest BCUT2D eigenvalue weighted by atomic mass is 10.1. The SMILES string of the molecule is O=C(N/N=C\c1ccc(-c2ccc([N+](=O)[O-])cc2Cl)o1)c1cccc(I)c1. The van der Waals surface area contributed by atoms with E-state index in [1.807, 2.05) is 6.07 Å². The van der Waals surface area contributed by atoms with Crippen molar-refractivity contribution in [1.82, 2.24) is 5.43 Å². The number of hydrogen-bond donors (Lipinski definition) is 1. The Morgan fingerprint density at radius 1 is 1.22 bits per heavy atom. The monoisotopic (exact) mass is 495 g/mol.